The number of carbonyl (C=O) groups is 3. The van der Waals surface area contributed by atoms with E-state index in [1.54, 1.807) is 4.90 Å². The van der Waals surface area contributed by atoms with Gasteiger partial charge in [0.05, 0.1) is 5.92 Å². The van der Waals surface area contributed by atoms with Crippen molar-refractivity contribution in [3.63, 3.8) is 0 Å². The molecule has 1 saturated heterocycles. The van der Waals surface area contributed by atoms with Crippen LogP contribution in [0.4, 0.5) is 4.79 Å². The first-order valence-electron chi connectivity index (χ1n) is 12.6. The summed E-state index contributed by atoms with van der Waals surface area (Å²) in [6.45, 7) is 0.886. The third-order valence-corrected chi connectivity index (χ3v) is 8.88. The zero-order valence-electron chi connectivity index (χ0n) is 19.7. The summed E-state index contributed by atoms with van der Waals surface area (Å²) in [5.74, 6) is -1.55. The van der Waals surface area contributed by atoms with Gasteiger partial charge in [0.1, 0.15) is 12.1 Å². The lowest BCUT2D eigenvalue weighted by atomic mass is 9.63. The molecule has 0 radical (unpaired) electrons. The van der Waals surface area contributed by atoms with E-state index in [2.05, 4.69) is 29.6 Å². The molecular weight excluding hydrogens is 444 g/mol. The summed E-state index contributed by atoms with van der Waals surface area (Å²) in [4.78, 5) is 40.0. The molecule has 1 atom stereocenters. The Morgan fingerprint density at radius 2 is 1.54 bits per heavy atom. The maximum Gasteiger partial charge on any atom is 0.408 e. The number of aliphatic carboxylic acids is 1. The Morgan fingerprint density at radius 1 is 0.943 bits per heavy atom. The molecule has 1 heterocycles. The molecule has 2 N–H and O–H groups in total. The molecule has 1 unspecified atom stereocenters. The summed E-state index contributed by atoms with van der Waals surface area (Å²) < 4.78 is 5.70. The fraction of sp³-hybridized carbons (Fsp3) is 0.464. The molecule has 0 aromatic heterocycles. The zero-order chi connectivity index (χ0) is 24.2. The normalized spacial score (nSPS) is 23.1. The van der Waals surface area contributed by atoms with Crippen molar-refractivity contribution in [2.75, 3.05) is 19.7 Å². The minimum Gasteiger partial charge on any atom is -0.481 e. The highest BCUT2D eigenvalue weighted by atomic mass is 16.5. The van der Waals surface area contributed by atoms with Crippen LogP contribution in [0.2, 0.25) is 0 Å². The van der Waals surface area contributed by atoms with Crippen molar-refractivity contribution >= 4 is 18.0 Å². The van der Waals surface area contributed by atoms with Crippen LogP contribution in [0, 0.1) is 11.3 Å². The van der Waals surface area contributed by atoms with E-state index in [4.69, 9.17) is 4.74 Å². The molecule has 35 heavy (non-hydrogen) atoms. The molecule has 4 aliphatic rings. The molecule has 0 bridgehead atoms. The molecule has 2 saturated carbocycles. The van der Waals surface area contributed by atoms with Gasteiger partial charge >= 0.3 is 12.1 Å². The van der Waals surface area contributed by atoms with E-state index in [1.165, 1.54) is 0 Å². The van der Waals surface area contributed by atoms with Gasteiger partial charge in [-0.05, 0) is 54.4 Å². The van der Waals surface area contributed by atoms with Gasteiger partial charge in [0.15, 0.2) is 0 Å². The van der Waals surface area contributed by atoms with Crippen LogP contribution in [0.1, 0.15) is 55.6 Å². The Kier molecular flexibility index (Phi) is 5.13. The summed E-state index contributed by atoms with van der Waals surface area (Å²) in [6, 6.07) is 16.3. The monoisotopic (exact) mass is 474 g/mol. The Morgan fingerprint density at radius 3 is 2.03 bits per heavy atom. The third kappa shape index (κ3) is 3.43. The molecule has 182 valence electrons. The van der Waals surface area contributed by atoms with Crippen molar-refractivity contribution in [3.05, 3.63) is 59.7 Å². The number of hydrogen-bond acceptors (Lipinski definition) is 4. The second-order valence-electron chi connectivity index (χ2n) is 10.7. The first-order chi connectivity index (χ1) is 16.9. The molecule has 1 aliphatic heterocycles. The maximum absolute atomic E-state index is 13.5. The highest BCUT2D eigenvalue weighted by molar-refractivity contribution is 5.92. The van der Waals surface area contributed by atoms with E-state index in [0.717, 1.165) is 47.9 Å². The third-order valence-electron chi connectivity index (χ3n) is 8.88. The van der Waals surface area contributed by atoms with Crippen molar-refractivity contribution < 1.29 is 24.2 Å². The molecule has 2 amide bonds. The minimum atomic E-state index is -0.985. The Balaban J connectivity index is 1.14. The second kappa shape index (κ2) is 8.11. The molecule has 1 spiro atoms. The number of fused-ring (bicyclic) bond motifs is 3. The number of amides is 2. The average Bonchev–Trinajstić information content (AvgIpc) is 3.37. The van der Waals surface area contributed by atoms with Gasteiger partial charge in [-0.15, -0.1) is 0 Å². The van der Waals surface area contributed by atoms with Crippen LogP contribution in [0.15, 0.2) is 48.5 Å². The summed E-state index contributed by atoms with van der Waals surface area (Å²) in [7, 11) is 0. The van der Waals surface area contributed by atoms with Gasteiger partial charge in [-0.1, -0.05) is 55.0 Å². The predicted molar refractivity (Wildman–Crippen MR) is 129 cm³/mol. The lowest BCUT2D eigenvalue weighted by Crippen LogP contribution is -2.63. The molecule has 3 aliphatic carbocycles. The topological polar surface area (TPSA) is 95.9 Å². The van der Waals surface area contributed by atoms with Gasteiger partial charge in [-0.3, -0.25) is 9.59 Å². The Labute approximate surface area is 204 Å². The average molecular weight is 475 g/mol. The summed E-state index contributed by atoms with van der Waals surface area (Å²) in [6.07, 6.45) is 4.06. The second-order valence-corrected chi connectivity index (χ2v) is 10.7. The van der Waals surface area contributed by atoms with Crippen LogP contribution in [-0.2, 0) is 14.3 Å². The van der Waals surface area contributed by atoms with Gasteiger partial charge in [-0.2, -0.15) is 0 Å². The van der Waals surface area contributed by atoms with Crippen molar-refractivity contribution in [3.8, 4) is 11.1 Å². The number of alkyl carbamates (subject to hydrolysis) is 1. The van der Waals surface area contributed by atoms with Gasteiger partial charge in [-0.25, -0.2) is 4.79 Å². The van der Waals surface area contributed by atoms with Gasteiger partial charge in [0, 0.05) is 24.4 Å². The molecule has 2 aromatic carbocycles. The van der Waals surface area contributed by atoms with Crippen molar-refractivity contribution in [1.82, 2.24) is 10.2 Å². The van der Waals surface area contributed by atoms with E-state index in [0.29, 0.717) is 19.4 Å². The highest BCUT2D eigenvalue weighted by Gasteiger charge is 2.58. The number of rotatable bonds is 5. The molecule has 7 nitrogen and oxygen atoms in total. The van der Waals surface area contributed by atoms with Crippen LogP contribution < -0.4 is 5.32 Å². The molecular formula is C28H30N2O5. The van der Waals surface area contributed by atoms with Crippen LogP contribution in [0.5, 0.6) is 0 Å². The summed E-state index contributed by atoms with van der Waals surface area (Å²) >= 11 is 0. The van der Waals surface area contributed by atoms with Crippen molar-refractivity contribution in [2.24, 2.45) is 11.3 Å². The number of carbonyl (C=O) groups excluding carboxylic acids is 2. The number of carboxylic acid groups (broad SMARTS) is 1. The standard InChI is InChI=1S/C28H30N2O5/c31-24(32)23-15-30(17-27(23)11-5-12-27)25(33)28(13-6-14-28)29-26(34)35-16-22-20-9-3-1-7-18(20)19-8-2-4-10-21(19)22/h1-4,7-10,22-23H,5-6,11-17H2,(H,29,34)(H,31,32). The van der Waals surface area contributed by atoms with E-state index < -0.39 is 23.5 Å². The van der Waals surface area contributed by atoms with E-state index in [9.17, 15) is 19.5 Å². The summed E-state index contributed by atoms with van der Waals surface area (Å²) in [5, 5.41) is 12.6. The van der Waals surface area contributed by atoms with E-state index >= 15 is 0 Å². The van der Waals surface area contributed by atoms with Crippen LogP contribution in [0.3, 0.4) is 0 Å². The lowest BCUT2D eigenvalue weighted by molar-refractivity contribution is -0.146. The fourth-order valence-corrected chi connectivity index (χ4v) is 6.66. The van der Waals surface area contributed by atoms with Crippen LogP contribution in [0.25, 0.3) is 11.1 Å². The van der Waals surface area contributed by atoms with Crippen molar-refractivity contribution in [1.29, 1.82) is 0 Å². The molecule has 3 fully saturated rings. The van der Waals surface area contributed by atoms with Gasteiger partial charge in [0.2, 0.25) is 5.91 Å². The number of hydrogen-bond donors (Lipinski definition) is 2. The number of benzene rings is 2. The summed E-state index contributed by atoms with van der Waals surface area (Å²) in [5.41, 5.74) is 3.32. The van der Waals surface area contributed by atoms with E-state index in [-0.39, 0.29) is 30.4 Å². The first kappa shape index (κ1) is 22.1. The van der Waals surface area contributed by atoms with Gasteiger partial charge < -0.3 is 20.1 Å². The van der Waals surface area contributed by atoms with Crippen molar-refractivity contribution in [2.45, 2.75) is 50.0 Å². The molecule has 6 rings (SSSR count). The van der Waals surface area contributed by atoms with Crippen LogP contribution >= 0.6 is 0 Å². The molecule has 7 heteroatoms. The number of ether oxygens (including phenoxy) is 1. The maximum atomic E-state index is 13.5. The number of likely N-dealkylation sites (tertiary alicyclic amines) is 1. The van der Waals surface area contributed by atoms with Crippen LogP contribution in [-0.4, -0.2) is 53.2 Å². The number of carboxylic acids is 1. The molecule has 2 aromatic rings. The fourth-order valence-electron chi connectivity index (χ4n) is 6.66. The van der Waals surface area contributed by atoms with Gasteiger partial charge in [0.25, 0.3) is 0 Å². The zero-order valence-corrected chi connectivity index (χ0v) is 19.7. The van der Waals surface area contributed by atoms with E-state index in [1.807, 2.05) is 24.3 Å². The smallest absolute Gasteiger partial charge is 0.408 e. The quantitative estimate of drug-likeness (QED) is 0.678. The lowest BCUT2D eigenvalue weighted by Gasteiger charge is -2.44. The Hall–Kier alpha value is -3.35. The number of nitrogens with zero attached hydrogens (tertiary/aromatic N) is 1. The highest BCUT2D eigenvalue weighted by Crippen LogP contribution is 2.52. The first-order valence-corrected chi connectivity index (χ1v) is 12.6. The number of nitrogens with one attached hydrogen (secondary N) is 1. The largest absolute Gasteiger partial charge is 0.481 e. The SMILES string of the molecule is O=C(NC1(C(=O)N2CC(C(=O)O)C3(CCC3)C2)CCC1)OCC1c2ccccc2-c2ccccc21. The predicted octanol–water partition coefficient (Wildman–Crippen LogP) is 4.16. The minimum absolute atomic E-state index is 0.0467. The Bertz CT molecular complexity index is 1150.